The van der Waals surface area contributed by atoms with Crippen LogP contribution < -0.4 is 10.6 Å². The van der Waals surface area contributed by atoms with Gasteiger partial charge in [0.15, 0.2) is 0 Å². The quantitative estimate of drug-likeness (QED) is 0.321. The summed E-state index contributed by atoms with van der Waals surface area (Å²) in [6.45, 7) is -0.858. The summed E-state index contributed by atoms with van der Waals surface area (Å²) in [5, 5.41) is 40.3. The SMILES string of the molecule is O=C(N[C@@H]1NC[C@@](O)(C(=O)O)[C@@H](O)[C@H]1O)C(F)(F)F. The van der Waals surface area contributed by atoms with Gasteiger partial charge in [-0.2, -0.15) is 13.2 Å². The van der Waals surface area contributed by atoms with Crippen LogP contribution >= 0.6 is 0 Å². The fraction of sp³-hybridized carbons (Fsp3) is 0.750. The van der Waals surface area contributed by atoms with Gasteiger partial charge in [0.2, 0.25) is 5.60 Å². The fourth-order valence-corrected chi connectivity index (χ4v) is 1.52. The van der Waals surface area contributed by atoms with Crippen LogP contribution in [0.3, 0.4) is 0 Å². The molecule has 1 amide bonds. The molecule has 0 saturated carbocycles. The zero-order valence-electron chi connectivity index (χ0n) is 9.18. The van der Waals surface area contributed by atoms with Crippen molar-refractivity contribution in [1.29, 1.82) is 0 Å². The second-order valence-corrected chi connectivity index (χ2v) is 3.99. The van der Waals surface area contributed by atoms with Gasteiger partial charge in [-0.15, -0.1) is 0 Å². The molecule has 1 rings (SSSR count). The number of carboxylic acids is 1. The molecule has 11 heteroatoms. The van der Waals surface area contributed by atoms with E-state index in [0.29, 0.717) is 0 Å². The number of piperidine rings is 1. The molecule has 1 aliphatic rings. The number of carboxylic acid groups (broad SMARTS) is 1. The Bertz CT molecular complexity index is 389. The molecule has 4 atom stereocenters. The Morgan fingerprint density at radius 2 is 1.84 bits per heavy atom. The van der Waals surface area contributed by atoms with Crippen LogP contribution in [0.1, 0.15) is 0 Å². The molecule has 0 radical (unpaired) electrons. The van der Waals surface area contributed by atoms with E-state index >= 15 is 0 Å². The highest BCUT2D eigenvalue weighted by Gasteiger charge is 2.54. The molecule has 0 spiro atoms. The summed E-state index contributed by atoms with van der Waals surface area (Å²) in [6, 6.07) is 0. The smallest absolute Gasteiger partial charge is 0.471 e. The van der Waals surface area contributed by atoms with Crippen LogP contribution in [0.5, 0.6) is 0 Å². The topological polar surface area (TPSA) is 139 Å². The zero-order valence-corrected chi connectivity index (χ0v) is 9.18. The van der Waals surface area contributed by atoms with Crippen molar-refractivity contribution in [2.24, 2.45) is 0 Å². The molecule has 110 valence electrons. The van der Waals surface area contributed by atoms with Crippen molar-refractivity contribution < 1.29 is 43.2 Å². The maximum atomic E-state index is 12.0. The molecule has 1 aliphatic heterocycles. The largest absolute Gasteiger partial charge is 0.479 e. The van der Waals surface area contributed by atoms with Crippen molar-refractivity contribution in [3.63, 3.8) is 0 Å². The fourth-order valence-electron chi connectivity index (χ4n) is 1.52. The second-order valence-electron chi connectivity index (χ2n) is 3.99. The summed E-state index contributed by atoms with van der Waals surface area (Å²) in [4.78, 5) is 21.3. The maximum Gasteiger partial charge on any atom is 0.471 e. The predicted molar refractivity (Wildman–Crippen MR) is 50.6 cm³/mol. The minimum Gasteiger partial charge on any atom is -0.479 e. The van der Waals surface area contributed by atoms with Crippen LogP contribution in [-0.2, 0) is 9.59 Å². The van der Waals surface area contributed by atoms with Gasteiger partial charge in [0, 0.05) is 6.54 Å². The van der Waals surface area contributed by atoms with Gasteiger partial charge >= 0.3 is 18.1 Å². The van der Waals surface area contributed by atoms with Gasteiger partial charge in [-0.1, -0.05) is 0 Å². The van der Waals surface area contributed by atoms with Crippen LogP contribution in [-0.4, -0.2) is 69.0 Å². The number of β-amino-alcohol motifs (C(OH)–C–C–N with tert-alkyl or cyclic N) is 1. The molecule has 6 N–H and O–H groups in total. The van der Waals surface area contributed by atoms with Crippen molar-refractivity contribution in [2.45, 2.75) is 30.2 Å². The van der Waals surface area contributed by atoms with E-state index in [1.807, 2.05) is 5.32 Å². The monoisotopic (exact) mass is 288 g/mol. The van der Waals surface area contributed by atoms with E-state index in [9.17, 15) is 38.1 Å². The molecule has 0 aromatic rings. The molecule has 1 fully saturated rings. The average Bonchev–Trinajstić information content (AvgIpc) is 2.28. The lowest BCUT2D eigenvalue weighted by molar-refractivity contribution is -0.196. The predicted octanol–water partition coefficient (Wildman–Crippen LogP) is -2.87. The number of nitrogens with one attached hydrogen (secondary N) is 2. The number of carbonyl (C=O) groups excluding carboxylic acids is 1. The van der Waals surface area contributed by atoms with Gasteiger partial charge in [0.25, 0.3) is 0 Å². The Balaban J connectivity index is 2.78. The number of hydrogen-bond donors (Lipinski definition) is 6. The first-order valence-corrected chi connectivity index (χ1v) is 4.93. The lowest BCUT2D eigenvalue weighted by Crippen LogP contribution is -2.73. The molecule has 0 unspecified atom stereocenters. The zero-order chi connectivity index (χ0) is 15.0. The third-order valence-electron chi connectivity index (χ3n) is 2.66. The van der Waals surface area contributed by atoms with E-state index in [2.05, 4.69) is 0 Å². The highest BCUT2D eigenvalue weighted by atomic mass is 19.4. The van der Waals surface area contributed by atoms with Gasteiger partial charge in [0.1, 0.15) is 18.4 Å². The number of aliphatic hydroxyl groups excluding tert-OH is 2. The Morgan fingerprint density at radius 1 is 1.32 bits per heavy atom. The first-order valence-electron chi connectivity index (χ1n) is 4.93. The highest BCUT2D eigenvalue weighted by Crippen LogP contribution is 2.21. The lowest BCUT2D eigenvalue weighted by Gasteiger charge is -2.41. The van der Waals surface area contributed by atoms with Crippen LogP contribution in [0, 0.1) is 0 Å². The van der Waals surface area contributed by atoms with Gasteiger partial charge in [-0.25, -0.2) is 4.79 Å². The van der Waals surface area contributed by atoms with E-state index < -0.39 is 48.6 Å². The van der Waals surface area contributed by atoms with E-state index in [1.54, 1.807) is 0 Å². The van der Waals surface area contributed by atoms with Crippen molar-refractivity contribution in [3.05, 3.63) is 0 Å². The standard InChI is InChI=1S/C8H11F3N2O6/c9-8(10,11)5(16)13-4-2(14)3(15)7(19,1-12-4)6(17)18/h2-4,12,14-15,19H,1H2,(H,13,16)(H,17,18)/t2-,3+,4+,7+/m1/s1. The Kier molecular flexibility index (Phi) is 4.05. The molecule has 1 saturated heterocycles. The summed E-state index contributed by atoms with van der Waals surface area (Å²) >= 11 is 0. The Morgan fingerprint density at radius 3 is 2.26 bits per heavy atom. The van der Waals surface area contributed by atoms with E-state index in [1.165, 1.54) is 5.32 Å². The number of carbonyl (C=O) groups is 2. The lowest BCUT2D eigenvalue weighted by atomic mass is 9.87. The highest BCUT2D eigenvalue weighted by molar-refractivity contribution is 5.82. The van der Waals surface area contributed by atoms with E-state index in [0.717, 1.165) is 0 Å². The number of alkyl halides is 3. The van der Waals surface area contributed by atoms with Gasteiger partial charge in [-0.3, -0.25) is 10.1 Å². The maximum absolute atomic E-state index is 12.0. The van der Waals surface area contributed by atoms with E-state index in [4.69, 9.17) is 5.11 Å². The normalized spacial score (nSPS) is 35.8. The summed E-state index contributed by atoms with van der Waals surface area (Å²) in [6.07, 6.45) is -11.4. The first kappa shape index (κ1) is 15.6. The van der Waals surface area contributed by atoms with Crippen LogP contribution in [0.25, 0.3) is 0 Å². The van der Waals surface area contributed by atoms with Crippen LogP contribution in [0.15, 0.2) is 0 Å². The summed E-state index contributed by atoms with van der Waals surface area (Å²) in [7, 11) is 0. The van der Waals surface area contributed by atoms with Gasteiger partial charge < -0.3 is 25.7 Å². The number of aliphatic hydroxyl groups is 3. The number of hydrogen-bond acceptors (Lipinski definition) is 6. The number of aliphatic carboxylic acids is 1. The van der Waals surface area contributed by atoms with Crippen molar-refractivity contribution in [1.82, 2.24) is 10.6 Å². The van der Waals surface area contributed by atoms with Crippen molar-refractivity contribution in [3.8, 4) is 0 Å². The molecule has 0 aromatic carbocycles. The first-order chi connectivity index (χ1) is 8.50. The summed E-state index contributed by atoms with van der Waals surface area (Å²) in [5.41, 5.74) is -2.77. The van der Waals surface area contributed by atoms with Crippen LogP contribution in [0.4, 0.5) is 13.2 Å². The minimum atomic E-state index is -5.20. The van der Waals surface area contributed by atoms with Crippen molar-refractivity contribution in [2.75, 3.05) is 6.54 Å². The van der Waals surface area contributed by atoms with Gasteiger partial charge in [0.05, 0.1) is 0 Å². The third-order valence-corrected chi connectivity index (χ3v) is 2.66. The molecule has 0 aliphatic carbocycles. The Hall–Kier alpha value is -1.43. The molecular formula is C8H11F3N2O6. The Labute approximate surface area is 103 Å². The summed E-state index contributed by atoms with van der Waals surface area (Å²) < 4.78 is 35.9. The minimum absolute atomic E-state index is 0.858. The number of halogens is 3. The van der Waals surface area contributed by atoms with Gasteiger partial charge in [-0.05, 0) is 0 Å². The molecule has 0 bridgehead atoms. The van der Waals surface area contributed by atoms with Crippen LogP contribution in [0.2, 0.25) is 0 Å². The average molecular weight is 288 g/mol. The summed E-state index contributed by atoms with van der Waals surface area (Å²) in [5.74, 6) is -4.25. The number of rotatable bonds is 2. The molecule has 19 heavy (non-hydrogen) atoms. The molecule has 0 aromatic heterocycles. The molecule has 1 heterocycles. The van der Waals surface area contributed by atoms with E-state index in [-0.39, 0.29) is 0 Å². The second kappa shape index (κ2) is 4.92. The third kappa shape index (κ3) is 2.94. The molecule has 8 nitrogen and oxygen atoms in total. The molecular weight excluding hydrogens is 277 g/mol. The van der Waals surface area contributed by atoms with Crippen molar-refractivity contribution >= 4 is 11.9 Å². The number of amides is 1.